The molecule has 0 bridgehead atoms. The number of halogens is 1. The first-order valence-corrected chi connectivity index (χ1v) is 7.00. The number of ether oxygens (including phenoxy) is 1. The fourth-order valence-corrected chi connectivity index (χ4v) is 2.01. The number of rotatable bonds is 4. The average Bonchev–Trinajstić information content (AvgIpc) is 2.63. The molecule has 1 aromatic heterocycles. The number of hydrogen-bond acceptors (Lipinski definition) is 6. The van der Waals surface area contributed by atoms with E-state index in [4.69, 9.17) is 12.5 Å². The molecule has 0 aliphatic carbocycles. The van der Waals surface area contributed by atoms with Crippen molar-refractivity contribution in [2.45, 2.75) is 24.6 Å². The molecule has 4 N–H and O–H groups in total. The Kier molecular flexibility index (Phi) is 3.45. The summed E-state index contributed by atoms with van der Waals surface area (Å²) in [5.41, 5.74) is -1.81. The molecule has 0 saturated carbocycles. The van der Waals surface area contributed by atoms with Crippen molar-refractivity contribution < 1.29 is 35.9 Å². The summed E-state index contributed by atoms with van der Waals surface area (Å²) in [5, 5.41) is 9.80. The highest BCUT2D eigenvalue weighted by Crippen LogP contribution is 2.42. The highest BCUT2D eigenvalue weighted by atomic mass is 31.2. The number of phosphoric ester groups is 1. The number of aromatic amines is 1. The van der Waals surface area contributed by atoms with E-state index >= 15 is 0 Å². The van der Waals surface area contributed by atoms with Crippen molar-refractivity contribution >= 4 is 7.82 Å². The molecule has 1 aromatic rings. The number of nitrogens with one attached hydrogen (secondary N) is 1. The molecule has 3 atom stereocenters. The van der Waals surface area contributed by atoms with Crippen LogP contribution < -0.4 is 11.2 Å². The van der Waals surface area contributed by atoms with E-state index in [1.54, 1.807) is 0 Å². The first-order valence-electron chi connectivity index (χ1n) is 6.47. The zero-order chi connectivity index (χ0) is 17.6. The van der Waals surface area contributed by atoms with Crippen LogP contribution in [0.1, 0.15) is 15.4 Å². The summed E-state index contributed by atoms with van der Waals surface area (Å²) >= 11 is 0. The summed E-state index contributed by atoms with van der Waals surface area (Å²) in [6.07, 6.45) is -3.67. The van der Waals surface area contributed by atoms with E-state index in [0.717, 1.165) is 12.3 Å². The summed E-state index contributed by atoms with van der Waals surface area (Å²) in [6, 6.07) is 0.885. The Morgan fingerprint density at radius 3 is 2.90 bits per heavy atom. The fraction of sp³-hybridized carbons (Fsp3) is 0.556. The molecule has 21 heavy (non-hydrogen) atoms. The van der Waals surface area contributed by atoms with E-state index in [2.05, 4.69) is 9.26 Å². The molecule has 1 saturated heterocycles. The minimum absolute atomic E-state index is 0.598. The Morgan fingerprint density at radius 2 is 2.33 bits per heavy atom. The predicted molar refractivity (Wildman–Crippen MR) is 63.9 cm³/mol. The van der Waals surface area contributed by atoms with Crippen LogP contribution in [0, 0.1) is 0 Å². The van der Waals surface area contributed by atoms with Gasteiger partial charge in [-0.1, -0.05) is 0 Å². The van der Waals surface area contributed by atoms with Gasteiger partial charge in [0.25, 0.3) is 5.56 Å². The molecule has 1 aliphatic rings. The molecule has 10 nitrogen and oxygen atoms in total. The van der Waals surface area contributed by atoms with Gasteiger partial charge in [0.1, 0.15) is 12.7 Å². The van der Waals surface area contributed by atoms with Gasteiger partial charge in [-0.25, -0.2) is 13.8 Å². The number of aromatic nitrogens is 2. The van der Waals surface area contributed by atoms with Gasteiger partial charge in [-0.15, -0.1) is 0 Å². The van der Waals surface area contributed by atoms with E-state index in [1.807, 2.05) is 4.98 Å². The maximum atomic E-state index is 14.6. The first-order chi connectivity index (χ1) is 10.3. The van der Waals surface area contributed by atoms with Crippen molar-refractivity contribution in [2.24, 2.45) is 0 Å². The second-order valence-electron chi connectivity index (χ2n) is 4.21. The smallest absolute Gasteiger partial charge is 0.388 e. The van der Waals surface area contributed by atoms with Crippen LogP contribution in [0.2, 0.25) is 0 Å². The molecule has 1 fully saturated rings. The van der Waals surface area contributed by atoms with E-state index < -0.39 is 50.2 Å². The summed E-state index contributed by atoms with van der Waals surface area (Å²) in [4.78, 5) is 41.6. The summed E-state index contributed by atoms with van der Waals surface area (Å²) in [7, 11) is -5.40. The van der Waals surface area contributed by atoms with Crippen LogP contribution in [0.25, 0.3) is 0 Å². The number of H-pyrrole nitrogens is 1. The number of hydrogen-bond donors (Lipinski definition) is 4. The Balaban J connectivity index is 2.34. The molecule has 2 rings (SSSR count). The molecule has 1 aliphatic heterocycles. The number of alkyl halides is 1. The SMILES string of the molecule is [2H]C([2H])(OP(=O)(O)O)[C@]1(F)C[C@@H](O)[C@H](n2ccc(=O)[nH]c2=O)O1. The molecule has 0 radical (unpaired) electrons. The van der Waals surface area contributed by atoms with Crippen LogP contribution in [0.4, 0.5) is 4.39 Å². The van der Waals surface area contributed by atoms with Gasteiger partial charge >= 0.3 is 13.5 Å². The third-order valence-corrected chi connectivity index (χ3v) is 2.88. The van der Waals surface area contributed by atoms with E-state index in [-0.39, 0.29) is 0 Å². The fourth-order valence-electron chi connectivity index (χ4n) is 1.75. The molecular formula is C9H12FN2O8P. The Labute approximate surface area is 118 Å². The van der Waals surface area contributed by atoms with Crippen molar-refractivity contribution in [3.05, 3.63) is 33.1 Å². The lowest BCUT2D eigenvalue weighted by molar-refractivity contribution is -0.178. The molecule has 12 heteroatoms. The third-order valence-electron chi connectivity index (χ3n) is 2.55. The summed E-state index contributed by atoms with van der Waals surface area (Å²) < 4.78 is 48.9. The van der Waals surface area contributed by atoms with Crippen molar-refractivity contribution in [1.29, 1.82) is 0 Å². The summed E-state index contributed by atoms with van der Waals surface area (Å²) in [6.45, 7) is -3.62. The van der Waals surface area contributed by atoms with Gasteiger partial charge in [-0.3, -0.25) is 18.9 Å². The van der Waals surface area contributed by atoms with E-state index in [1.165, 1.54) is 0 Å². The number of nitrogens with zero attached hydrogens (tertiary/aromatic N) is 1. The van der Waals surface area contributed by atoms with Gasteiger partial charge < -0.3 is 19.6 Å². The van der Waals surface area contributed by atoms with Gasteiger partial charge in [0.2, 0.25) is 5.85 Å². The van der Waals surface area contributed by atoms with Crippen molar-refractivity contribution in [3.8, 4) is 0 Å². The molecule has 0 unspecified atom stereocenters. The van der Waals surface area contributed by atoms with Crippen molar-refractivity contribution in [2.75, 3.05) is 6.56 Å². The van der Waals surface area contributed by atoms with Gasteiger partial charge in [0.15, 0.2) is 6.23 Å². The minimum Gasteiger partial charge on any atom is -0.388 e. The number of phosphoric acid groups is 1. The molecular weight excluding hydrogens is 314 g/mol. The van der Waals surface area contributed by atoms with Gasteiger partial charge in [-0.05, 0) is 0 Å². The van der Waals surface area contributed by atoms with Crippen LogP contribution in [0.3, 0.4) is 0 Å². The maximum Gasteiger partial charge on any atom is 0.469 e. The van der Waals surface area contributed by atoms with Crippen LogP contribution in [0.15, 0.2) is 21.9 Å². The average molecular weight is 328 g/mol. The van der Waals surface area contributed by atoms with Gasteiger partial charge in [0.05, 0.1) is 2.74 Å². The van der Waals surface area contributed by atoms with Crippen LogP contribution in [-0.2, 0) is 13.8 Å². The Bertz CT molecular complexity index is 762. The highest BCUT2D eigenvalue weighted by molar-refractivity contribution is 7.46. The standard InChI is InChI=1S/C9H12FN2O8P/c10-9(4-19-21(16,17)18)3-5(13)7(20-9)12-2-1-6(14)11-8(12)15/h1-2,5,7,13H,3-4H2,(H,11,14,15)(H2,16,17,18)/t5-,7-,9+/m1/s1/i4D2. The van der Waals surface area contributed by atoms with E-state index in [0.29, 0.717) is 4.57 Å². The summed E-state index contributed by atoms with van der Waals surface area (Å²) in [5.74, 6) is -3.45. The topological polar surface area (TPSA) is 151 Å². The normalized spacial score (nSPS) is 31.8. The highest BCUT2D eigenvalue weighted by Gasteiger charge is 2.49. The van der Waals surface area contributed by atoms with Gasteiger partial charge in [0, 0.05) is 18.7 Å². The van der Waals surface area contributed by atoms with Crippen molar-refractivity contribution in [1.82, 2.24) is 9.55 Å². The lowest BCUT2D eigenvalue weighted by Gasteiger charge is -2.21. The molecule has 0 spiro atoms. The second kappa shape index (κ2) is 5.44. The van der Waals surface area contributed by atoms with Crippen LogP contribution >= 0.6 is 7.82 Å². The first kappa shape index (κ1) is 13.3. The molecule has 118 valence electrons. The lowest BCUT2D eigenvalue weighted by atomic mass is 10.2. The Hall–Kier alpha value is -1.36. The zero-order valence-electron chi connectivity index (χ0n) is 12.2. The second-order valence-corrected chi connectivity index (χ2v) is 5.37. The third kappa shape index (κ3) is 3.84. The predicted octanol–water partition coefficient (Wildman–Crippen LogP) is -1.41. The molecule has 2 heterocycles. The Morgan fingerprint density at radius 1 is 1.67 bits per heavy atom. The molecule has 0 amide bonds. The quantitative estimate of drug-likeness (QED) is 0.492. The number of aliphatic hydroxyl groups excluding tert-OH is 1. The zero-order valence-corrected chi connectivity index (χ0v) is 11.1. The van der Waals surface area contributed by atoms with Gasteiger partial charge in [-0.2, -0.15) is 0 Å². The lowest BCUT2D eigenvalue weighted by Crippen LogP contribution is -2.35. The minimum atomic E-state index is -5.40. The number of aliphatic hydroxyl groups is 1. The van der Waals surface area contributed by atoms with Crippen LogP contribution in [-0.4, -0.2) is 43.0 Å². The monoisotopic (exact) mass is 328 g/mol. The van der Waals surface area contributed by atoms with Crippen LogP contribution in [0.5, 0.6) is 0 Å². The van der Waals surface area contributed by atoms with E-state index in [9.17, 15) is 23.7 Å². The molecule has 0 aromatic carbocycles. The van der Waals surface area contributed by atoms with Crippen molar-refractivity contribution in [3.63, 3.8) is 0 Å². The maximum absolute atomic E-state index is 14.6. The largest absolute Gasteiger partial charge is 0.469 e.